The van der Waals surface area contributed by atoms with Crippen molar-refractivity contribution >= 4 is 0 Å². The maximum atomic E-state index is 10.6. The lowest BCUT2D eigenvalue weighted by Crippen LogP contribution is -2.22. The minimum atomic E-state index is -0.979. The van der Waals surface area contributed by atoms with Crippen molar-refractivity contribution in [3.05, 3.63) is 53.9 Å². The molecule has 0 fully saturated rings. The summed E-state index contributed by atoms with van der Waals surface area (Å²) in [5, 5.41) is 14.8. The van der Waals surface area contributed by atoms with Crippen LogP contribution in [0.5, 0.6) is 0 Å². The van der Waals surface area contributed by atoms with Crippen LogP contribution in [0.25, 0.3) is 0 Å². The van der Waals surface area contributed by atoms with Gasteiger partial charge in [0.2, 0.25) is 0 Å². The molecule has 1 atom stereocenters. The van der Waals surface area contributed by atoms with Gasteiger partial charge in [-0.15, -0.1) is 0 Å². The Hall–Kier alpha value is -1.61. The van der Waals surface area contributed by atoms with Gasteiger partial charge < -0.3 is 5.11 Å². The van der Waals surface area contributed by atoms with Crippen LogP contribution in [0.15, 0.2) is 42.7 Å². The zero-order chi connectivity index (χ0) is 12.3. The molecule has 0 saturated heterocycles. The minimum Gasteiger partial charge on any atom is -0.381 e. The van der Waals surface area contributed by atoms with Crippen LogP contribution in [0.1, 0.15) is 31.4 Å². The SMILES string of the molecule is CCCn1cc(C(C)(O)c2ccccc2)cn1. The Morgan fingerprint density at radius 3 is 2.59 bits per heavy atom. The summed E-state index contributed by atoms with van der Waals surface area (Å²) in [6.45, 7) is 4.79. The van der Waals surface area contributed by atoms with Crippen molar-refractivity contribution in [2.75, 3.05) is 0 Å². The van der Waals surface area contributed by atoms with E-state index in [0.717, 1.165) is 24.1 Å². The van der Waals surface area contributed by atoms with Gasteiger partial charge in [-0.1, -0.05) is 37.3 Å². The normalized spacial score (nSPS) is 14.5. The first-order chi connectivity index (χ1) is 8.14. The molecule has 3 heteroatoms. The van der Waals surface area contributed by atoms with E-state index in [1.54, 1.807) is 13.1 Å². The highest BCUT2D eigenvalue weighted by molar-refractivity contribution is 5.32. The monoisotopic (exact) mass is 230 g/mol. The summed E-state index contributed by atoms with van der Waals surface area (Å²) in [4.78, 5) is 0. The number of aliphatic hydroxyl groups is 1. The molecule has 90 valence electrons. The van der Waals surface area contributed by atoms with E-state index in [2.05, 4.69) is 12.0 Å². The summed E-state index contributed by atoms with van der Waals surface area (Å²) < 4.78 is 1.87. The van der Waals surface area contributed by atoms with Crippen LogP contribution in [-0.4, -0.2) is 14.9 Å². The van der Waals surface area contributed by atoms with Crippen molar-refractivity contribution in [1.29, 1.82) is 0 Å². The van der Waals surface area contributed by atoms with E-state index in [0.29, 0.717) is 0 Å². The Morgan fingerprint density at radius 1 is 1.24 bits per heavy atom. The molecule has 0 aliphatic heterocycles. The topological polar surface area (TPSA) is 38.0 Å². The Labute approximate surface area is 102 Å². The van der Waals surface area contributed by atoms with Crippen molar-refractivity contribution in [2.24, 2.45) is 0 Å². The highest BCUT2D eigenvalue weighted by Gasteiger charge is 2.26. The maximum Gasteiger partial charge on any atom is 0.115 e. The number of nitrogens with zero attached hydrogens (tertiary/aromatic N) is 2. The van der Waals surface area contributed by atoms with E-state index in [9.17, 15) is 5.11 Å². The first-order valence-electron chi connectivity index (χ1n) is 5.95. The maximum absolute atomic E-state index is 10.6. The zero-order valence-electron chi connectivity index (χ0n) is 10.3. The Morgan fingerprint density at radius 2 is 1.94 bits per heavy atom. The number of rotatable bonds is 4. The van der Waals surface area contributed by atoms with Crippen molar-refractivity contribution in [1.82, 2.24) is 9.78 Å². The molecule has 0 saturated carbocycles. The fourth-order valence-electron chi connectivity index (χ4n) is 1.90. The van der Waals surface area contributed by atoms with Gasteiger partial charge in [0.1, 0.15) is 5.60 Å². The van der Waals surface area contributed by atoms with Gasteiger partial charge >= 0.3 is 0 Å². The summed E-state index contributed by atoms with van der Waals surface area (Å²) in [6.07, 6.45) is 4.69. The van der Waals surface area contributed by atoms with Crippen LogP contribution in [0.2, 0.25) is 0 Å². The van der Waals surface area contributed by atoms with E-state index in [1.807, 2.05) is 41.2 Å². The van der Waals surface area contributed by atoms with Crippen LogP contribution in [0, 0.1) is 0 Å². The van der Waals surface area contributed by atoms with Crippen LogP contribution in [-0.2, 0) is 12.1 Å². The Bertz CT molecular complexity index is 474. The fraction of sp³-hybridized carbons (Fsp3) is 0.357. The summed E-state index contributed by atoms with van der Waals surface area (Å²) in [5.41, 5.74) is 0.737. The van der Waals surface area contributed by atoms with Gasteiger partial charge in [0, 0.05) is 18.3 Å². The quantitative estimate of drug-likeness (QED) is 0.876. The van der Waals surface area contributed by atoms with Crippen molar-refractivity contribution in [3.8, 4) is 0 Å². The third kappa shape index (κ3) is 2.39. The molecule has 1 aromatic carbocycles. The van der Waals surface area contributed by atoms with E-state index in [1.165, 1.54) is 0 Å². The smallest absolute Gasteiger partial charge is 0.115 e. The van der Waals surface area contributed by atoms with Gasteiger partial charge in [-0.2, -0.15) is 5.10 Å². The molecule has 0 aliphatic rings. The molecule has 1 N–H and O–H groups in total. The molecule has 1 unspecified atom stereocenters. The van der Waals surface area contributed by atoms with E-state index < -0.39 is 5.60 Å². The van der Waals surface area contributed by atoms with Crippen molar-refractivity contribution < 1.29 is 5.11 Å². The fourth-order valence-corrected chi connectivity index (χ4v) is 1.90. The number of hydrogen-bond donors (Lipinski definition) is 1. The predicted octanol–water partition coefficient (Wildman–Crippen LogP) is 2.55. The second kappa shape index (κ2) is 4.72. The van der Waals surface area contributed by atoms with Gasteiger partial charge in [0.25, 0.3) is 0 Å². The molecule has 3 nitrogen and oxygen atoms in total. The standard InChI is InChI=1S/C14H18N2O/c1-3-9-16-11-13(10-15-16)14(2,17)12-7-5-4-6-8-12/h4-8,10-11,17H,3,9H2,1-2H3. The Kier molecular flexibility index (Phi) is 3.29. The molecule has 0 bridgehead atoms. The zero-order valence-corrected chi connectivity index (χ0v) is 10.3. The third-order valence-electron chi connectivity index (χ3n) is 2.98. The largest absolute Gasteiger partial charge is 0.381 e. The lowest BCUT2D eigenvalue weighted by Gasteiger charge is -2.22. The molecular weight excluding hydrogens is 212 g/mol. The van der Waals surface area contributed by atoms with E-state index in [4.69, 9.17) is 0 Å². The van der Waals surface area contributed by atoms with Gasteiger partial charge in [-0.25, -0.2) is 0 Å². The molecule has 0 aliphatic carbocycles. The van der Waals surface area contributed by atoms with Gasteiger partial charge in [-0.05, 0) is 18.9 Å². The van der Waals surface area contributed by atoms with Gasteiger partial charge in [0.15, 0.2) is 0 Å². The predicted molar refractivity (Wildman–Crippen MR) is 67.6 cm³/mol. The number of hydrogen-bond acceptors (Lipinski definition) is 2. The van der Waals surface area contributed by atoms with Crippen LogP contribution < -0.4 is 0 Å². The van der Waals surface area contributed by atoms with E-state index >= 15 is 0 Å². The lowest BCUT2D eigenvalue weighted by atomic mass is 9.90. The van der Waals surface area contributed by atoms with Gasteiger partial charge in [0.05, 0.1) is 6.20 Å². The molecule has 1 aromatic heterocycles. The highest BCUT2D eigenvalue weighted by atomic mass is 16.3. The molecule has 1 heterocycles. The molecule has 2 aromatic rings. The summed E-state index contributed by atoms with van der Waals surface area (Å²) >= 11 is 0. The molecule has 0 radical (unpaired) electrons. The molecule has 0 amide bonds. The highest BCUT2D eigenvalue weighted by Crippen LogP contribution is 2.28. The van der Waals surface area contributed by atoms with Gasteiger partial charge in [-0.3, -0.25) is 4.68 Å². The van der Waals surface area contributed by atoms with E-state index in [-0.39, 0.29) is 0 Å². The molecule has 17 heavy (non-hydrogen) atoms. The van der Waals surface area contributed by atoms with Crippen molar-refractivity contribution in [3.63, 3.8) is 0 Å². The summed E-state index contributed by atoms with van der Waals surface area (Å²) in [6, 6.07) is 9.66. The number of aromatic nitrogens is 2. The second-order valence-electron chi connectivity index (χ2n) is 4.43. The molecule has 0 spiro atoms. The van der Waals surface area contributed by atoms with Crippen LogP contribution >= 0.6 is 0 Å². The summed E-state index contributed by atoms with van der Waals surface area (Å²) in [5.74, 6) is 0. The molecule has 2 rings (SSSR count). The summed E-state index contributed by atoms with van der Waals surface area (Å²) in [7, 11) is 0. The number of aryl methyl sites for hydroxylation is 1. The lowest BCUT2D eigenvalue weighted by molar-refractivity contribution is 0.102. The van der Waals surface area contributed by atoms with Crippen LogP contribution in [0.3, 0.4) is 0 Å². The van der Waals surface area contributed by atoms with Crippen molar-refractivity contribution in [2.45, 2.75) is 32.4 Å². The molecular formula is C14H18N2O. The number of benzene rings is 1. The Balaban J connectivity index is 2.31. The first-order valence-corrected chi connectivity index (χ1v) is 5.95. The average Bonchev–Trinajstić information content (AvgIpc) is 2.80. The van der Waals surface area contributed by atoms with Crippen LogP contribution in [0.4, 0.5) is 0 Å². The second-order valence-corrected chi connectivity index (χ2v) is 4.43. The first kappa shape index (κ1) is 11.9. The third-order valence-corrected chi connectivity index (χ3v) is 2.98. The average molecular weight is 230 g/mol. The minimum absolute atomic E-state index is 0.831.